The third-order valence-corrected chi connectivity index (χ3v) is 16.3. The first kappa shape index (κ1) is 72.7. The monoisotopic (exact) mass is 1130 g/mol. The number of amides is 1. The Labute approximate surface area is 472 Å². The van der Waals surface area contributed by atoms with Crippen LogP contribution < -0.4 is 15.1 Å². The highest BCUT2D eigenvalue weighted by atomic mass is 31.3. The second-order valence-corrected chi connectivity index (χ2v) is 24.9. The van der Waals surface area contributed by atoms with Gasteiger partial charge in [0.2, 0.25) is 5.91 Å². The first-order chi connectivity index (χ1) is 36.7. The van der Waals surface area contributed by atoms with Gasteiger partial charge >= 0.3 is 0 Å². The average molecular weight is 1130 g/mol. The molecule has 0 aromatic carbocycles. The maximum absolute atomic E-state index is 12.5. The minimum atomic E-state index is -5.73. The highest BCUT2D eigenvalue weighted by Crippen LogP contribution is 2.56. The molecular weight excluding hydrogens is 1020 g/mol. The van der Waals surface area contributed by atoms with Crippen LogP contribution in [0, 0.1) is 0 Å². The quantitative estimate of drug-likeness (QED) is 0.0335. The van der Waals surface area contributed by atoms with E-state index in [1.165, 1.54) is 68.2 Å². The number of allylic oxidation sites excluding steroid dienone is 21. The molecule has 0 aromatic heterocycles. The molecular formula is C63H103NO12P2-2. The molecule has 2 unspecified atom stereocenters. The van der Waals surface area contributed by atoms with E-state index in [1.54, 1.807) is 6.92 Å². The molecule has 7 atom stereocenters. The van der Waals surface area contributed by atoms with E-state index < -0.39 is 65.4 Å². The van der Waals surface area contributed by atoms with E-state index in [0.717, 1.165) is 128 Å². The van der Waals surface area contributed by atoms with Crippen molar-refractivity contribution in [2.75, 3.05) is 13.2 Å². The molecule has 4 N–H and O–H groups in total. The Bertz CT molecular complexity index is 2260. The fourth-order valence-electron chi connectivity index (χ4n) is 8.65. The van der Waals surface area contributed by atoms with Crippen molar-refractivity contribution in [1.82, 2.24) is 5.32 Å². The van der Waals surface area contributed by atoms with E-state index in [4.69, 9.17) is 9.26 Å². The van der Waals surface area contributed by atoms with E-state index >= 15 is 0 Å². The van der Waals surface area contributed by atoms with Gasteiger partial charge in [-0.25, -0.2) is 4.31 Å². The number of aliphatic hydroxyl groups is 3. The summed E-state index contributed by atoms with van der Waals surface area (Å²) in [6, 6.07) is -1.64. The van der Waals surface area contributed by atoms with Gasteiger partial charge < -0.3 is 39.7 Å². The molecule has 1 aliphatic rings. The minimum Gasteiger partial charge on any atom is -0.756 e. The average Bonchev–Trinajstić information content (AvgIpc) is 3.33. The van der Waals surface area contributed by atoms with Crippen LogP contribution in [0.4, 0.5) is 0 Å². The summed E-state index contributed by atoms with van der Waals surface area (Å²) in [4.78, 5) is 36.4. The van der Waals surface area contributed by atoms with E-state index in [9.17, 15) is 39.0 Å². The lowest BCUT2D eigenvalue weighted by Gasteiger charge is -2.43. The van der Waals surface area contributed by atoms with Crippen molar-refractivity contribution in [2.45, 2.75) is 249 Å². The number of aliphatic hydroxyl groups excluding tert-OH is 3. The van der Waals surface area contributed by atoms with Gasteiger partial charge in [-0.2, -0.15) is 0 Å². The van der Waals surface area contributed by atoms with Crippen molar-refractivity contribution in [2.24, 2.45) is 0 Å². The fraction of sp³-hybridized carbons (Fsp3) is 0.635. The van der Waals surface area contributed by atoms with Gasteiger partial charge in [-0.05, 0) is 212 Å². The number of ether oxygens (including phenoxy) is 1. The van der Waals surface area contributed by atoms with Crippen LogP contribution in [0.5, 0.6) is 0 Å². The largest absolute Gasteiger partial charge is 0.756 e. The second-order valence-electron chi connectivity index (χ2n) is 22.0. The van der Waals surface area contributed by atoms with E-state index in [-0.39, 0.29) is 0 Å². The van der Waals surface area contributed by atoms with Gasteiger partial charge in [0.15, 0.2) is 6.29 Å². The molecule has 78 heavy (non-hydrogen) atoms. The standard InChI is InChI=1S/C63H105NO12P2/c1-47(2)24-14-25-48(3)26-15-27-49(4)28-16-29-50(5)30-17-31-51(6)32-18-33-52(7)34-19-35-53(8)36-20-37-54(9)38-21-39-55(10)40-22-41-56(11)42-23-43-57(12)44-45-73-77(69,70)76-78(71,72)75-63-60(64-58(13)66)62(68)61(67)59(46-65)74-63/h24,26,28,30,32,34,36,38,40,42,44,59-63,65,67-68H,14-23,25,27,29,31,33,35,37,39,41,43,45-46H2,1-13H3,(H,64,66)(H,69,70)(H,71,72)/p-2/b48-26+,49-28+,50-30-,51-32-,52-34-,53-36-,54-38-,55-40-,56-42-,57-44-/t59-,60-,61+,62-,63-/m1/s1. The Morgan fingerprint density at radius 3 is 1.01 bits per heavy atom. The smallest absolute Gasteiger partial charge is 0.276 e. The molecule has 0 aromatic rings. The molecule has 15 heteroatoms. The molecule has 0 radical (unpaired) electrons. The molecule has 1 heterocycles. The summed E-state index contributed by atoms with van der Waals surface area (Å²) in [5.41, 5.74) is 15.2. The van der Waals surface area contributed by atoms with Gasteiger partial charge in [-0.15, -0.1) is 0 Å². The van der Waals surface area contributed by atoms with Crippen LogP contribution in [-0.4, -0.2) is 65.1 Å². The molecule has 0 saturated carbocycles. The van der Waals surface area contributed by atoms with Crippen molar-refractivity contribution in [3.8, 4) is 0 Å². The van der Waals surface area contributed by atoms with Crippen LogP contribution in [0.3, 0.4) is 0 Å². The predicted molar refractivity (Wildman–Crippen MR) is 318 cm³/mol. The van der Waals surface area contributed by atoms with E-state index in [1.807, 2.05) is 0 Å². The SMILES string of the molecule is CC(=O)N[C@H]1[C@@H](OP(=O)([O-])OP(=O)([O-])OC/C=C(/C)CC/C=C(/C)CC/C=C(/C)CC/C=C(/C)CC/C=C(/C)CC/C=C(/C)CC/C=C(/C)CC/C=C(/C)CC/C=C(\C)CC/C=C(\C)CCC=C(C)C)O[C@H](CO)[C@H](O)[C@@H]1O. The number of carbonyl (C=O) groups excluding carboxylic acids is 1. The fourth-order valence-corrected chi connectivity index (χ4v) is 10.7. The second kappa shape index (κ2) is 40.8. The van der Waals surface area contributed by atoms with Crippen molar-refractivity contribution in [1.29, 1.82) is 0 Å². The van der Waals surface area contributed by atoms with Crippen LogP contribution in [0.1, 0.15) is 218 Å². The lowest BCUT2D eigenvalue weighted by molar-refractivity contribution is -0.284. The maximum Gasteiger partial charge on any atom is 0.276 e. The topological polar surface area (TPSA) is 207 Å². The van der Waals surface area contributed by atoms with Crippen LogP contribution >= 0.6 is 15.6 Å². The number of hydrogen-bond donors (Lipinski definition) is 4. The summed E-state index contributed by atoms with van der Waals surface area (Å²) in [7, 11) is -11.2. The lowest BCUT2D eigenvalue weighted by atomic mass is 9.97. The Kier molecular flexibility index (Phi) is 38.1. The molecule has 0 aliphatic carbocycles. The molecule has 1 aliphatic heterocycles. The van der Waals surface area contributed by atoms with Crippen LogP contribution in [0.2, 0.25) is 0 Å². The summed E-state index contributed by atoms with van der Waals surface area (Å²) in [5.74, 6) is -0.740. The maximum atomic E-state index is 12.5. The lowest BCUT2D eigenvalue weighted by Crippen LogP contribution is -2.64. The van der Waals surface area contributed by atoms with Gasteiger partial charge in [0, 0.05) is 6.92 Å². The number of nitrogens with one attached hydrogen (secondary N) is 1. The number of rotatable bonds is 39. The normalized spacial score (nSPS) is 21.6. The molecule has 444 valence electrons. The molecule has 0 spiro atoms. The van der Waals surface area contributed by atoms with Gasteiger partial charge in [0.1, 0.15) is 24.4 Å². The third kappa shape index (κ3) is 36.9. The van der Waals surface area contributed by atoms with Crippen molar-refractivity contribution >= 4 is 21.6 Å². The molecule has 1 amide bonds. The molecule has 0 bridgehead atoms. The molecule has 1 fully saturated rings. The third-order valence-electron chi connectivity index (χ3n) is 13.7. The summed E-state index contributed by atoms with van der Waals surface area (Å²) >= 11 is 0. The van der Waals surface area contributed by atoms with E-state index in [0.29, 0.717) is 6.42 Å². The minimum absolute atomic E-state index is 0.497. The Morgan fingerprint density at radius 2 is 0.744 bits per heavy atom. The van der Waals surface area contributed by atoms with Crippen LogP contribution in [0.25, 0.3) is 0 Å². The van der Waals surface area contributed by atoms with Crippen molar-refractivity contribution in [3.05, 3.63) is 128 Å². The number of hydrogen-bond acceptors (Lipinski definition) is 12. The summed E-state index contributed by atoms with van der Waals surface area (Å²) in [6.45, 7) is 26.0. The highest BCUT2D eigenvalue weighted by molar-refractivity contribution is 7.59. The Morgan fingerprint density at radius 1 is 0.462 bits per heavy atom. The van der Waals surface area contributed by atoms with Gasteiger partial charge in [0.05, 0.1) is 13.2 Å². The number of phosphoric ester groups is 2. The zero-order chi connectivity index (χ0) is 58.7. The first-order valence-electron chi connectivity index (χ1n) is 28.5. The summed E-state index contributed by atoms with van der Waals surface area (Å²) in [6.07, 6.45) is 39.2. The van der Waals surface area contributed by atoms with Gasteiger partial charge in [-0.3, -0.25) is 18.4 Å². The highest BCUT2D eigenvalue weighted by Gasteiger charge is 2.47. The number of carbonyl (C=O) groups is 1. The first-order valence-corrected chi connectivity index (χ1v) is 31.4. The molecule has 13 nitrogen and oxygen atoms in total. The van der Waals surface area contributed by atoms with Gasteiger partial charge in [0.25, 0.3) is 15.6 Å². The Balaban J connectivity index is 2.33. The van der Waals surface area contributed by atoms with Crippen molar-refractivity contribution in [3.63, 3.8) is 0 Å². The molecule has 1 saturated heterocycles. The zero-order valence-electron chi connectivity index (χ0n) is 50.2. The predicted octanol–water partition coefficient (Wildman–Crippen LogP) is 15.1. The summed E-state index contributed by atoms with van der Waals surface area (Å²) in [5, 5.41) is 32.0. The number of phosphoric acid groups is 2. The summed E-state index contributed by atoms with van der Waals surface area (Å²) < 4.78 is 43.5. The zero-order valence-corrected chi connectivity index (χ0v) is 52.0. The van der Waals surface area contributed by atoms with Gasteiger partial charge in [-0.1, -0.05) is 128 Å². The Hall–Kier alpha value is -3.29. The van der Waals surface area contributed by atoms with E-state index in [2.05, 4.69) is 151 Å². The van der Waals surface area contributed by atoms with Crippen LogP contribution in [-0.2, 0) is 32.0 Å². The molecule has 1 rings (SSSR count). The van der Waals surface area contributed by atoms with Crippen LogP contribution in [0.15, 0.2) is 128 Å². The van der Waals surface area contributed by atoms with Crippen molar-refractivity contribution < 1.29 is 57.1 Å².